The minimum Gasteiger partial charge on any atom is -0.344 e. The Morgan fingerprint density at radius 3 is 2.34 bits per heavy atom. The molecule has 1 fully saturated rings. The van der Waals surface area contributed by atoms with Gasteiger partial charge >= 0.3 is 6.18 Å². The summed E-state index contributed by atoms with van der Waals surface area (Å²) in [5, 5.41) is 3.93. The van der Waals surface area contributed by atoms with Crippen molar-refractivity contribution in [3.05, 3.63) is 95.1 Å². The standard InChI is InChI=1S/C29H32F3N3/c1-34(2)17-9-16-28(33-25-19-22(25)20-10-5-4-6-11-20)23-12-7-8-13-26(23)35(3)27-15-14-21(18-24(27)28)29(30,31)32/h4-8,10-15,18,22,25,33H,9,16-17,19H2,1-3H3. The van der Waals surface area contributed by atoms with E-state index in [2.05, 4.69) is 34.5 Å². The molecule has 1 aliphatic heterocycles. The molecule has 0 saturated heterocycles. The molecule has 0 bridgehead atoms. The molecule has 3 nitrogen and oxygen atoms in total. The smallest absolute Gasteiger partial charge is 0.344 e. The van der Waals surface area contributed by atoms with Crippen LogP contribution in [0.2, 0.25) is 0 Å². The SMILES string of the molecule is CN(C)CCCC1(NC2CC2c2ccccc2)c2ccccc2N(C)c2ccc(C(F)(F)F)cc21. The van der Waals surface area contributed by atoms with Gasteiger partial charge in [0.05, 0.1) is 11.1 Å². The van der Waals surface area contributed by atoms with Crippen molar-refractivity contribution in [2.24, 2.45) is 0 Å². The van der Waals surface area contributed by atoms with Crippen molar-refractivity contribution in [3.63, 3.8) is 0 Å². The van der Waals surface area contributed by atoms with E-state index in [9.17, 15) is 13.2 Å². The fourth-order valence-electron chi connectivity index (χ4n) is 5.65. The van der Waals surface area contributed by atoms with Gasteiger partial charge in [0, 0.05) is 41.5 Å². The number of alkyl halides is 3. The number of fused-ring (bicyclic) bond motifs is 2. The fraction of sp³-hybridized carbons (Fsp3) is 0.379. The van der Waals surface area contributed by atoms with Crippen LogP contribution in [0.1, 0.15) is 47.4 Å². The molecular formula is C29H32F3N3. The topological polar surface area (TPSA) is 18.5 Å². The lowest BCUT2D eigenvalue weighted by Gasteiger charge is -2.46. The van der Waals surface area contributed by atoms with Crippen molar-refractivity contribution in [2.45, 2.75) is 42.9 Å². The van der Waals surface area contributed by atoms with Gasteiger partial charge in [-0.05, 0) is 69.7 Å². The molecule has 1 N–H and O–H groups in total. The molecule has 0 radical (unpaired) electrons. The van der Waals surface area contributed by atoms with Crippen LogP contribution in [-0.2, 0) is 11.7 Å². The number of halogens is 3. The van der Waals surface area contributed by atoms with Gasteiger partial charge in [0.25, 0.3) is 0 Å². The first kappa shape index (κ1) is 23.9. The van der Waals surface area contributed by atoms with Gasteiger partial charge in [-0.1, -0.05) is 48.5 Å². The highest BCUT2D eigenvalue weighted by Crippen LogP contribution is 2.53. The van der Waals surface area contributed by atoms with E-state index in [0.717, 1.165) is 36.3 Å². The molecule has 3 atom stereocenters. The van der Waals surface area contributed by atoms with Gasteiger partial charge in [-0.15, -0.1) is 0 Å². The Morgan fingerprint density at radius 2 is 1.63 bits per heavy atom. The Kier molecular flexibility index (Phi) is 6.14. The van der Waals surface area contributed by atoms with E-state index in [1.54, 1.807) is 6.07 Å². The second kappa shape index (κ2) is 8.99. The summed E-state index contributed by atoms with van der Waals surface area (Å²) in [4.78, 5) is 4.16. The second-order valence-corrected chi connectivity index (χ2v) is 10.1. The summed E-state index contributed by atoms with van der Waals surface area (Å²) < 4.78 is 41.6. The van der Waals surface area contributed by atoms with Crippen LogP contribution in [0.25, 0.3) is 0 Å². The zero-order valence-electron chi connectivity index (χ0n) is 20.4. The summed E-state index contributed by atoms with van der Waals surface area (Å²) >= 11 is 0. The van der Waals surface area contributed by atoms with Gasteiger partial charge in [-0.3, -0.25) is 0 Å². The Bertz CT molecular complexity index is 1190. The zero-order valence-corrected chi connectivity index (χ0v) is 20.4. The summed E-state index contributed by atoms with van der Waals surface area (Å²) in [6.07, 6.45) is -1.85. The summed E-state index contributed by atoms with van der Waals surface area (Å²) in [5.41, 5.74) is 3.60. The minimum absolute atomic E-state index is 0.204. The largest absolute Gasteiger partial charge is 0.416 e. The first-order chi connectivity index (χ1) is 16.7. The quantitative estimate of drug-likeness (QED) is 0.416. The molecule has 35 heavy (non-hydrogen) atoms. The maximum atomic E-state index is 13.9. The molecule has 0 amide bonds. The summed E-state index contributed by atoms with van der Waals surface area (Å²) in [6, 6.07) is 23.0. The zero-order chi connectivity index (χ0) is 24.8. The Morgan fingerprint density at radius 1 is 0.943 bits per heavy atom. The molecule has 0 spiro atoms. The highest BCUT2D eigenvalue weighted by molar-refractivity contribution is 5.78. The van der Waals surface area contributed by atoms with Crippen molar-refractivity contribution in [1.82, 2.24) is 10.2 Å². The third-order valence-electron chi connectivity index (χ3n) is 7.48. The molecule has 1 saturated carbocycles. The van der Waals surface area contributed by atoms with E-state index in [1.165, 1.54) is 17.7 Å². The van der Waals surface area contributed by atoms with Crippen LogP contribution in [0.3, 0.4) is 0 Å². The van der Waals surface area contributed by atoms with E-state index in [1.807, 2.05) is 56.4 Å². The summed E-state index contributed by atoms with van der Waals surface area (Å²) in [6.45, 7) is 0.864. The average Bonchev–Trinajstić information content (AvgIpc) is 3.61. The minimum atomic E-state index is -4.40. The van der Waals surface area contributed by atoms with Gasteiger partial charge in [0.2, 0.25) is 0 Å². The molecule has 3 aromatic rings. The third-order valence-corrected chi connectivity index (χ3v) is 7.48. The van der Waals surface area contributed by atoms with Gasteiger partial charge in [-0.25, -0.2) is 0 Å². The highest BCUT2D eigenvalue weighted by atomic mass is 19.4. The Labute approximate surface area is 205 Å². The Hall–Kier alpha value is -2.83. The molecule has 2 aliphatic rings. The number of para-hydroxylation sites is 1. The van der Waals surface area contributed by atoms with E-state index in [-0.39, 0.29) is 6.04 Å². The van der Waals surface area contributed by atoms with Gasteiger partial charge in [0.15, 0.2) is 0 Å². The van der Waals surface area contributed by atoms with E-state index < -0.39 is 17.3 Å². The van der Waals surface area contributed by atoms with Crippen molar-refractivity contribution >= 4 is 11.4 Å². The highest BCUT2D eigenvalue weighted by Gasteiger charge is 2.49. The summed E-state index contributed by atoms with van der Waals surface area (Å²) in [7, 11) is 6.01. The number of nitrogens with zero attached hydrogens (tertiary/aromatic N) is 2. The van der Waals surface area contributed by atoms with Crippen LogP contribution in [0.15, 0.2) is 72.8 Å². The van der Waals surface area contributed by atoms with Crippen molar-refractivity contribution in [2.75, 3.05) is 32.6 Å². The van der Waals surface area contributed by atoms with Crippen LogP contribution in [0, 0.1) is 0 Å². The normalized spacial score (nSPS) is 23.2. The molecule has 0 aromatic heterocycles. The van der Waals surface area contributed by atoms with Gasteiger partial charge in [-0.2, -0.15) is 13.2 Å². The van der Waals surface area contributed by atoms with Crippen LogP contribution in [0.4, 0.5) is 24.5 Å². The molecule has 5 rings (SSSR count). The average molecular weight is 480 g/mol. The molecule has 6 heteroatoms. The molecule has 184 valence electrons. The predicted octanol–water partition coefficient (Wildman–Crippen LogP) is 6.52. The van der Waals surface area contributed by atoms with Gasteiger partial charge < -0.3 is 15.1 Å². The maximum absolute atomic E-state index is 13.9. The molecular weight excluding hydrogens is 447 g/mol. The lowest BCUT2D eigenvalue weighted by Crippen LogP contribution is -2.49. The van der Waals surface area contributed by atoms with Crippen LogP contribution in [-0.4, -0.2) is 38.6 Å². The molecule has 1 heterocycles. The van der Waals surface area contributed by atoms with Crippen molar-refractivity contribution < 1.29 is 13.2 Å². The van der Waals surface area contributed by atoms with Crippen LogP contribution < -0.4 is 10.2 Å². The lowest BCUT2D eigenvalue weighted by molar-refractivity contribution is -0.137. The number of nitrogens with one attached hydrogen (secondary N) is 1. The van der Waals surface area contributed by atoms with Crippen LogP contribution in [0.5, 0.6) is 0 Å². The number of rotatable bonds is 7. The second-order valence-electron chi connectivity index (χ2n) is 10.1. The van der Waals surface area contributed by atoms with Crippen LogP contribution >= 0.6 is 0 Å². The van der Waals surface area contributed by atoms with E-state index in [0.29, 0.717) is 17.9 Å². The number of anilines is 2. The van der Waals surface area contributed by atoms with E-state index >= 15 is 0 Å². The molecule has 3 unspecified atom stereocenters. The number of benzene rings is 3. The first-order valence-electron chi connectivity index (χ1n) is 12.2. The predicted molar refractivity (Wildman–Crippen MR) is 135 cm³/mol. The first-order valence-corrected chi connectivity index (χ1v) is 12.2. The third kappa shape index (κ3) is 4.45. The molecule has 3 aromatic carbocycles. The number of hydrogen-bond acceptors (Lipinski definition) is 3. The maximum Gasteiger partial charge on any atom is 0.416 e. The Balaban J connectivity index is 1.64. The lowest BCUT2D eigenvalue weighted by atomic mass is 9.74. The fourth-order valence-corrected chi connectivity index (χ4v) is 5.65. The van der Waals surface area contributed by atoms with E-state index in [4.69, 9.17) is 0 Å². The van der Waals surface area contributed by atoms with Crippen molar-refractivity contribution in [3.8, 4) is 0 Å². The monoisotopic (exact) mass is 479 g/mol. The van der Waals surface area contributed by atoms with Gasteiger partial charge in [0.1, 0.15) is 0 Å². The summed E-state index contributed by atoms with van der Waals surface area (Å²) in [5.74, 6) is 0.364. The number of hydrogen-bond donors (Lipinski definition) is 1. The van der Waals surface area contributed by atoms with Crippen molar-refractivity contribution in [1.29, 1.82) is 0 Å². The molecule has 1 aliphatic carbocycles.